The van der Waals surface area contributed by atoms with E-state index in [1.165, 1.54) is 11.6 Å². The van der Waals surface area contributed by atoms with Crippen LogP contribution in [0.5, 0.6) is 0 Å². The van der Waals surface area contributed by atoms with Crippen molar-refractivity contribution in [3.05, 3.63) is 54.6 Å². The molecule has 0 saturated heterocycles. The van der Waals surface area contributed by atoms with Crippen molar-refractivity contribution in [3.8, 4) is 0 Å². The topological polar surface area (TPSA) is 0 Å². The van der Waals surface area contributed by atoms with Gasteiger partial charge in [-0.1, -0.05) is 30.3 Å². The van der Waals surface area contributed by atoms with E-state index in [4.69, 9.17) is 6.58 Å². The molecule has 0 heterocycles. The number of hydrogen-bond acceptors (Lipinski definition) is 0. The largest absolute Gasteiger partial charge is 2.00 e. The van der Waals surface area contributed by atoms with Gasteiger partial charge in [0.05, 0.1) is 0 Å². The van der Waals surface area contributed by atoms with E-state index in [0.717, 1.165) is 0 Å². The molecule has 0 bridgehead atoms. The Hall–Kier alpha value is -0.0538. The molecule has 0 aliphatic heterocycles. The Morgan fingerprint density at radius 1 is 1.08 bits per heavy atom. The Morgan fingerprint density at radius 2 is 1.67 bits per heavy atom. The van der Waals surface area contributed by atoms with Gasteiger partial charge in [0.2, 0.25) is 0 Å². The van der Waals surface area contributed by atoms with Gasteiger partial charge < -0.3 is 17.0 Å². The van der Waals surface area contributed by atoms with Crippen molar-refractivity contribution in [2.75, 3.05) is 0 Å². The van der Waals surface area contributed by atoms with E-state index in [-0.39, 0.29) is 40.0 Å². The van der Waals surface area contributed by atoms with Crippen LogP contribution in [0.4, 0.5) is 0 Å². The normalized spacial score (nSPS) is 8.33. The molecule has 0 aliphatic rings. The minimum absolute atomic E-state index is 0. The van der Waals surface area contributed by atoms with Gasteiger partial charge >= 0.3 is 23.1 Å². The monoisotopic (exact) mass is 232 g/mol. The van der Waals surface area contributed by atoms with Crippen molar-refractivity contribution >= 4 is 29.1 Å². The fraction of sp³-hybridized carbons (Fsp3) is 0. The van der Waals surface area contributed by atoms with E-state index in [1.807, 2.05) is 42.5 Å². The summed E-state index contributed by atoms with van der Waals surface area (Å²) in [5.74, 6) is 0. The molecule has 1 aromatic carbocycles. The summed E-state index contributed by atoms with van der Waals surface area (Å²) in [5, 5.41) is 0. The van der Waals surface area contributed by atoms with Gasteiger partial charge in [0.1, 0.15) is 0 Å². The van der Waals surface area contributed by atoms with Gasteiger partial charge in [-0.25, -0.2) is 12.2 Å². The molecule has 0 spiro atoms. The predicted octanol–water partition coefficient (Wildman–Crippen LogP) is -0.688. The Labute approximate surface area is 100 Å². The van der Waals surface area contributed by atoms with E-state index in [1.54, 1.807) is 0 Å². The molecule has 0 amide bonds. The fourth-order valence-corrected chi connectivity index (χ4v) is 0.731. The van der Waals surface area contributed by atoms with Crippen molar-refractivity contribution in [1.29, 1.82) is 0 Å². The van der Waals surface area contributed by atoms with Crippen molar-refractivity contribution in [2.24, 2.45) is 0 Å². The predicted molar refractivity (Wildman–Crippen MR) is 50.1 cm³/mol. The molecule has 0 fully saturated rings. The number of rotatable bonds is 2. The summed E-state index contributed by atoms with van der Waals surface area (Å²) >= 11 is 0. The Kier molecular flexibility index (Phi) is 10.9. The summed E-state index contributed by atoms with van der Waals surface area (Å²) in [6.07, 6.45) is 5.29. The number of benzene rings is 1. The molecule has 0 nitrogen and oxygen atoms in total. The number of hydrogen-bond donors (Lipinski definition) is 0. The summed E-state index contributed by atoms with van der Waals surface area (Å²) in [4.78, 5) is 0. The summed E-state index contributed by atoms with van der Waals surface area (Å²) in [6.45, 7) is 5.16. The molecule has 0 aromatic heterocycles. The summed E-state index contributed by atoms with van der Waals surface area (Å²) in [5.41, 5.74) is 1.17. The summed E-state index contributed by atoms with van der Waals surface area (Å²) < 4.78 is 0. The third-order valence-corrected chi connectivity index (χ3v) is 1.20. The third-order valence-electron chi connectivity index (χ3n) is 1.20. The first kappa shape index (κ1) is 14.5. The minimum Gasteiger partial charge on any atom is -1.00 e. The molecule has 0 saturated carbocycles. The maximum absolute atomic E-state index is 5.16. The van der Waals surface area contributed by atoms with E-state index < -0.39 is 0 Å². The van der Waals surface area contributed by atoms with Gasteiger partial charge in [0.15, 0.2) is 0 Å². The van der Waals surface area contributed by atoms with Crippen molar-refractivity contribution in [3.63, 3.8) is 0 Å². The van der Waals surface area contributed by atoms with Crippen LogP contribution in [0, 0.1) is 6.58 Å². The number of halogens is 1. The molecule has 0 unspecified atom stereocenters. The third kappa shape index (κ3) is 5.58. The molecule has 12 heavy (non-hydrogen) atoms. The summed E-state index contributed by atoms with van der Waals surface area (Å²) in [6, 6.07) is 10.0. The van der Waals surface area contributed by atoms with Gasteiger partial charge in [0.25, 0.3) is 0 Å². The van der Waals surface area contributed by atoms with E-state index in [2.05, 4.69) is 0 Å². The standard InChI is InChI=1S/C10H9.BrH.Mg/c1-2-3-7-10-8-5-4-6-9-10;;/h1-9H;1H;/q-1;;+2/p-1/b7-3+;;. The zero-order valence-corrected chi connectivity index (χ0v) is 9.78. The van der Waals surface area contributed by atoms with Crippen LogP contribution in [0.3, 0.4) is 0 Å². The van der Waals surface area contributed by atoms with E-state index in [0.29, 0.717) is 0 Å². The van der Waals surface area contributed by atoms with Crippen LogP contribution >= 0.6 is 0 Å². The van der Waals surface area contributed by atoms with Crippen LogP contribution in [-0.4, -0.2) is 23.1 Å². The van der Waals surface area contributed by atoms with Crippen molar-refractivity contribution < 1.29 is 17.0 Å². The van der Waals surface area contributed by atoms with E-state index >= 15 is 0 Å². The first-order chi connectivity index (χ1) is 4.93. The zero-order chi connectivity index (χ0) is 7.23. The van der Waals surface area contributed by atoms with Crippen molar-refractivity contribution in [1.82, 2.24) is 0 Å². The first-order valence-electron chi connectivity index (χ1n) is 3.20. The summed E-state index contributed by atoms with van der Waals surface area (Å²) in [7, 11) is 0. The maximum Gasteiger partial charge on any atom is 2.00 e. The van der Waals surface area contributed by atoms with Crippen LogP contribution in [0.1, 0.15) is 5.56 Å². The molecule has 0 N–H and O–H groups in total. The van der Waals surface area contributed by atoms with Gasteiger partial charge in [0, 0.05) is 0 Å². The average Bonchev–Trinajstić information content (AvgIpc) is 2.03. The second-order valence-corrected chi connectivity index (χ2v) is 1.96. The molecule has 0 radical (unpaired) electrons. The van der Waals surface area contributed by atoms with Gasteiger partial charge in [-0.15, -0.1) is 6.08 Å². The molecular formula is C10H9BrMg. The smallest absolute Gasteiger partial charge is 1.00 e. The molecule has 0 aliphatic carbocycles. The maximum atomic E-state index is 5.16. The second-order valence-electron chi connectivity index (χ2n) is 1.96. The molecular weight excluding hydrogens is 224 g/mol. The van der Waals surface area contributed by atoms with Crippen LogP contribution in [0.2, 0.25) is 0 Å². The quantitative estimate of drug-likeness (QED) is 0.360. The molecule has 58 valence electrons. The van der Waals surface area contributed by atoms with Crippen molar-refractivity contribution in [2.45, 2.75) is 0 Å². The van der Waals surface area contributed by atoms with Crippen LogP contribution in [-0.2, 0) is 0 Å². The molecule has 1 aromatic rings. The molecule has 0 atom stereocenters. The van der Waals surface area contributed by atoms with Crippen LogP contribution < -0.4 is 17.0 Å². The van der Waals surface area contributed by atoms with Crippen LogP contribution in [0.25, 0.3) is 6.08 Å². The SMILES string of the molecule is [Br-].[CH-]=C/C=C/c1ccccc1.[Mg+2]. The minimum atomic E-state index is 0. The van der Waals surface area contributed by atoms with E-state index in [9.17, 15) is 0 Å². The fourth-order valence-electron chi connectivity index (χ4n) is 0.731. The van der Waals surface area contributed by atoms with Crippen LogP contribution in [0.15, 0.2) is 42.5 Å². The Morgan fingerprint density at radius 3 is 2.17 bits per heavy atom. The molecule has 1 rings (SSSR count). The molecule has 2 heteroatoms. The Balaban J connectivity index is 0. The zero-order valence-electron chi connectivity index (χ0n) is 6.78. The first-order valence-corrected chi connectivity index (χ1v) is 3.20. The Bertz CT molecular complexity index is 229. The van der Waals surface area contributed by atoms with Gasteiger partial charge in [-0.3, -0.25) is 6.58 Å². The average molecular weight is 233 g/mol. The number of allylic oxidation sites excluding steroid dienone is 2. The van der Waals surface area contributed by atoms with Gasteiger partial charge in [-0.05, 0) is 5.56 Å². The van der Waals surface area contributed by atoms with Gasteiger partial charge in [-0.2, -0.15) is 0 Å². The second kappa shape index (κ2) is 9.04.